The third-order valence-corrected chi connectivity index (χ3v) is 2.94. The highest BCUT2D eigenvalue weighted by atomic mass is 79.9. The highest BCUT2D eigenvalue weighted by Gasteiger charge is 2.27. The number of hydrogen-bond donors (Lipinski definition) is 1. The van der Waals surface area contributed by atoms with Gasteiger partial charge in [-0.1, -0.05) is 6.92 Å². The molecule has 4 nitrogen and oxygen atoms in total. The van der Waals surface area contributed by atoms with E-state index in [0.717, 1.165) is 16.8 Å². The molecule has 1 heterocycles. The normalized spacial score (nSPS) is 13.2. The van der Waals surface area contributed by atoms with E-state index in [2.05, 4.69) is 21.2 Å². The van der Waals surface area contributed by atoms with E-state index < -0.39 is 0 Å². The molecule has 0 radical (unpaired) electrons. The monoisotopic (exact) mass is 305 g/mol. The van der Waals surface area contributed by atoms with Gasteiger partial charge in [-0.3, -0.25) is 0 Å². The maximum Gasteiger partial charge on any atom is 0.179 e. The Morgan fingerprint density at radius 3 is 2.35 bits per heavy atom. The van der Waals surface area contributed by atoms with Crippen LogP contribution in [0.5, 0.6) is 0 Å². The second-order valence-corrected chi connectivity index (χ2v) is 4.30. The van der Waals surface area contributed by atoms with Crippen LogP contribution >= 0.6 is 15.9 Å². The number of rotatable bonds is 8. The molecule has 1 N–H and O–H groups in total. The number of furan rings is 1. The van der Waals surface area contributed by atoms with Crippen molar-refractivity contribution in [1.29, 1.82) is 0 Å². The van der Waals surface area contributed by atoms with Gasteiger partial charge in [-0.15, -0.1) is 0 Å². The van der Waals surface area contributed by atoms with E-state index >= 15 is 0 Å². The summed E-state index contributed by atoms with van der Waals surface area (Å²) in [6.07, 6.45) is 1.31. The van der Waals surface area contributed by atoms with Crippen LogP contribution in [0.3, 0.4) is 0 Å². The van der Waals surface area contributed by atoms with Gasteiger partial charge in [-0.2, -0.15) is 0 Å². The zero-order valence-corrected chi connectivity index (χ0v) is 12.1. The van der Waals surface area contributed by atoms with Crippen LogP contribution in [0.2, 0.25) is 0 Å². The van der Waals surface area contributed by atoms with Crippen molar-refractivity contribution in [2.75, 3.05) is 19.8 Å². The minimum absolute atomic E-state index is 0.107. The molecule has 0 saturated heterocycles. The van der Waals surface area contributed by atoms with Crippen molar-refractivity contribution in [3.8, 4) is 0 Å². The lowest BCUT2D eigenvalue weighted by Gasteiger charge is -2.26. The molecular weight excluding hydrogens is 286 g/mol. The summed E-state index contributed by atoms with van der Waals surface area (Å²) in [5.41, 5.74) is 0. The van der Waals surface area contributed by atoms with Crippen LogP contribution in [0.25, 0.3) is 0 Å². The molecule has 1 rings (SSSR count). The van der Waals surface area contributed by atoms with Crippen molar-refractivity contribution in [2.45, 2.75) is 33.1 Å². The minimum Gasteiger partial charge on any atom is -0.466 e. The fourth-order valence-corrected chi connectivity index (χ4v) is 2.08. The largest absolute Gasteiger partial charge is 0.466 e. The van der Waals surface area contributed by atoms with Crippen LogP contribution in [0.1, 0.15) is 32.6 Å². The van der Waals surface area contributed by atoms with Crippen LogP contribution in [0, 0.1) is 0 Å². The summed E-state index contributed by atoms with van der Waals surface area (Å²) in [7, 11) is 0. The summed E-state index contributed by atoms with van der Waals surface area (Å²) in [6.45, 7) is 7.96. The van der Waals surface area contributed by atoms with E-state index in [4.69, 9.17) is 13.9 Å². The highest BCUT2D eigenvalue weighted by Crippen LogP contribution is 2.28. The van der Waals surface area contributed by atoms with Gasteiger partial charge in [0.1, 0.15) is 11.8 Å². The van der Waals surface area contributed by atoms with Gasteiger partial charge < -0.3 is 19.2 Å². The van der Waals surface area contributed by atoms with Crippen molar-refractivity contribution >= 4 is 15.9 Å². The summed E-state index contributed by atoms with van der Waals surface area (Å²) in [4.78, 5) is 0. The topological polar surface area (TPSA) is 43.6 Å². The molecule has 1 aromatic rings. The zero-order chi connectivity index (χ0) is 12.7. The summed E-state index contributed by atoms with van der Waals surface area (Å²) >= 11 is 3.46. The molecule has 0 aliphatic heterocycles. The zero-order valence-electron chi connectivity index (χ0n) is 10.5. The van der Waals surface area contributed by atoms with E-state index in [-0.39, 0.29) is 12.3 Å². The summed E-state index contributed by atoms with van der Waals surface area (Å²) in [5, 5.41) is 3.32. The third kappa shape index (κ3) is 4.10. The molecule has 0 bridgehead atoms. The number of nitrogens with one attached hydrogen (secondary N) is 1. The van der Waals surface area contributed by atoms with Crippen LogP contribution in [0.15, 0.2) is 21.2 Å². The maximum atomic E-state index is 5.61. The van der Waals surface area contributed by atoms with Gasteiger partial charge in [0.25, 0.3) is 0 Å². The van der Waals surface area contributed by atoms with Gasteiger partial charge in [0.05, 0.1) is 10.7 Å². The Morgan fingerprint density at radius 1 is 1.29 bits per heavy atom. The van der Waals surface area contributed by atoms with E-state index in [1.54, 1.807) is 6.26 Å². The van der Waals surface area contributed by atoms with Crippen molar-refractivity contribution < 1.29 is 13.9 Å². The first-order chi connectivity index (χ1) is 8.24. The minimum atomic E-state index is -0.340. The molecule has 1 aromatic heterocycles. The fourth-order valence-electron chi connectivity index (χ4n) is 1.63. The first-order valence-electron chi connectivity index (χ1n) is 5.94. The Morgan fingerprint density at radius 2 is 1.94 bits per heavy atom. The van der Waals surface area contributed by atoms with E-state index in [9.17, 15) is 0 Å². The van der Waals surface area contributed by atoms with Crippen molar-refractivity contribution in [3.05, 3.63) is 22.6 Å². The maximum absolute atomic E-state index is 5.61. The van der Waals surface area contributed by atoms with Gasteiger partial charge in [0.15, 0.2) is 6.29 Å². The molecular formula is C12H20BrNO3. The highest BCUT2D eigenvalue weighted by molar-refractivity contribution is 9.10. The Kier molecular flexibility index (Phi) is 6.80. The standard InChI is InChI=1S/C12H20BrNO3/c1-4-14-10(11-9(13)7-8-17-11)12(15-5-2)16-6-3/h7-8,10,12,14H,4-6H2,1-3H3. The first kappa shape index (κ1) is 14.7. The number of hydrogen-bond acceptors (Lipinski definition) is 4. The Balaban J connectivity index is 2.85. The molecule has 0 aliphatic carbocycles. The van der Waals surface area contributed by atoms with Crippen molar-refractivity contribution in [3.63, 3.8) is 0 Å². The van der Waals surface area contributed by atoms with Crippen LogP contribution in [-0.4, -0.2) is 26.0 Å². The van der Waals surface area contributed by atoms with Crippen LogP contribution < -0.4 is 5.32 Å². The molecule has 0 aliphatic rings. The van der Waals surface area contributed by atoms with Gasteiger partial charge in [0.2, 0.25) is 0 Å². The predicted octanol–water partition coefficient (Wildman–Crippen LogP) is 3.09. The molecule has 17 heavy (non-hydrogen) atoms. The average Bonchev–Trinajstić information content (AvgIpc) is 2.72. The van der Waals surface area contributed by atoms with Crippen LogP contribution in [-0.2, 0) is 9.47 Å². The van der Waals surface area contributed by atoms with E-state index in [0.29, 0.717) is 13.2 Å². The summed E-state index contributed by atoms with van der Waals surface area (Å²) in [5.74, 6) is 0.804. The van der Waals surface area contributed by atoms with Crippen molar-refractivity contribution in [1.82, 2.24) is 5.32 Å². The molecule has 0 saturated carbocycles. The van der Waals surface area contributed by atoms with Gasteiger partial charge in [-0.05, 0) is 42.4 Å². The van der Waals surface area contributed by atoms with E-state index in [1.807, 2.05) is 26.8 Å². The Labute approximate surface area is 111 Å². The molecule has 1 unspecified atom stereocenters. The quantitative estimate of drug-likeness (QED) is 0.750. The molecule has 0 spiro atoms. The smallest absolute Gasteiger partial charge is 0.179 e. The number of ether oxygens (including phenoxy) is 2. The lowest BCUT2D eigenvalue weighted by atomic mass is 10.2. The average molecular weight is 306 g/mol. The van der Waals surface area contributed by atoms with Gasteiger partial charge in [0, 0.05) is 13.2 Å². The van der Waals surface area contributed by atoms with Crippen molar-refractivity contribution in [2.24, 2.45) is 0 Å². The lowest BCUT2D eigenvalue weighted by Crippen LogP contribution is -2.36. The molecule has 1 atom stereocenters. The second kappa shape index (κ2) is 7.87. The first-order valence-corrected chi connectivity index (χ1v) is 6.73. The Hall–Kier alpha value is -0.360. The fraction of sp³-hybridized carbons (Fsp3) is 0.667. The summed E-state index contributed by atoms with van der Waals surface area (Å²) < 4.78 is 17.6. The SMILES string of the molecule is CCNC(c1occc1Br)C(OCC)OCC. The van der Waals surface area contributed by atoms with E-state index in [1.165, 1.54) is 0 Å². The van der Waals surface area contributed by atoms with Gasteiger partial charge >= 0.3 is 0 Å². The molecule has 0 aromatic carbocycles. The Bertz CT molecular complexity index is 310. The lowest BCUT2D eigenvalue weighted by molar-refractivity contribution is -0.157. The number of likely N-dealkylation sites (N-methyl/N-ethyl adjacent to an activating group) is 1. The molecule has 0 fully saturated rings. The molecule has 5 heteroatoms. The van der Waals surface area contributed by atoms with Crippen LogP contribution in [0.4, 0.5) is 0 Å². The second-order valence-electron chi connectivity index (χ2n) is 3.45. The third-order valence-electron chi connectivity index (χ3n) is 2.29. The van der Waals surface area contributed by atoms with Gasteiger partial charge in [-0.25, -0.2) is 0 Å². The molecule has 98 valence electrons. The molecule has 0 amide bonds. The predicted molar refractivity (Wildman–Crippen MR) is 69.9 cm³/mol. The summed E-state index contributed by atoms with van der Waals surface area (Å²) in [6, 6.07) is 1.76. The number of halogens is 1.